The van der Waals surface area contributed by atoms with E-state index in [2.05, 4.69) is 5.32 Å². The van der Waals surface area contributed by atoms with Crippen LogP contribution in [0.3, 0.4) is 0 Å². The third-order valence-corrected chi connectivity index (χ3v) is 2.68. The van der Waals surface area contributed by atoms with Crippen LogP contribution in [0.25, 0.3) is 0 Å². The normalized spacial score (nSPS) is 20.0. The highest BCUT2D eigenvalue weighted by Crippen LogP contribution is 2.18. The summed E-state index contributed by atoms with van der Waals surface area (Å²) in [6.45, 7) is 1.90. The molecule has 1 aliphatic heterocycles. The van der Waals surface area contributed by atoms with Gasteiger partial charge in [0.2, 0.25) is 0 Å². The molecule has 1 atom stereocenters. The standard InChI is InChI=1S/C11H13F2N.ClH/c12-10-1-2-11(13)9(6-10)5-8-3-4-14-7-8;/h1-2,6,8,14H,3-5,7H2;1H. The van der Waals surface area contributed by atoms with Crippen LogP contribution in [0.5, 0.6) is 0 Å². The van der Waals surface area contributed by atoms with E-state index in [0.717, 1.165) is 25.6 Å². The van der Waals surface area contributed by atoms with E-state index >= 15 is 0 Å². The van der Waals surface area contributed by atoms with Crippen LogP contribution >= 0.6 is 12.4 Å². The first-order valence-corrected chi connectivity index (χ1v) is 4.90. The maximum Gasteiger partial charge on any atom is 0.126 e. The molecule has 0 saturated carbocycles. The van der Waals surface area contributed by atoms with Crippen LogP contribution in [0.4, 0.5) is 8.78 Å². The monoisotopic (exact) mass is 233 g/mol. The van der Waals surface area contributed by atoms with Crippen molar-refractivity contribution in [1.82, 2.24) is 5.32 Å². The van der Waals surface area contributed by atoms with Gasteiger partial charge in [0.15, 0.2) is 0 Å². The highest BCUT2D eigenvalue weighted by Gasteiger charge is 2.16. The number of hydrogen-bond acceptors (Lipinski definition) is 1. The SMILES string of the molecule is Cl.Fc1ccc(F)c(CC2CCNC2)c1. The average Bonchev–Trinajstić information content (AvgIpc) is 2.64. The molecule has 0 aromatic heterocycles. The molecule has 1 heterocycles. The van der Waals surface area contributed by atoms with Gasteiger partial charge in [-0.1, -0.05) is 0 Å². The summed E-state index contributed by atoms with van der Waals surface area (Å²) in [6, 6.07) is 3.66. The molecule has 1 aliphatic rings. The minimum atomic E-state index is -0.354. The second kappa shape index (κ2) is 5.42. The Labute approximate surface area is 94.3 Å². The van der Waals surface area contributed by atoms with Crippen molar-refractivity contribution in [2.24, 2.45) is 5.92 Å². The average molecular weight is 234 g/mol. The van der Waals surface area contributed by atoms with E-state index in [0.29, 0.717) is 17.9 Å². The molecule has 0 spiro atoms. The summed E-state index contributed by atoms with van der Waals surface area (Å²) >= 11 is 0. The van der Waals surface area contributed by atoms with Crippen molar-refractivity contribution >= 4 is 12.4 Å². The van der Waals surface area contributed by atoms with Gasteiger partial charge in [0.1, 0.15) is 11.6 Å². The molecule has 0 amide bonds. The van der Waals surface area contributed by atoms with Gasteiger partial charge in [0, 0.05) is 0 Å². The fourth-order valence-electron chi connectivity index (χ4n) is 1.90. The highest BCUT2D eigenvalue weighted by atomic mass is 35.5. The topological polar surface area (TPSA) is 12.0 Å². The van der Waals surface area contributed by atoms with E-state index in [1.165, 1.54) is 12.1 Å². The van der Waals surface area contributed by atoms with Crippen LogP contribution in [0.2, 0.25) is 0 Å². The number of nitrogens with one attached hydrogen (secondary N) is 1. The first-order chi connectivity index (χ1) is 6.75. The maximum absolute atomic E-state index is 13.2. The molecule has 84 valence electrons. The number of hydrogen-bond donors (Lipinski definition) is 1. The first-order valence-electron chi connectivity index (χ1n) is 4.90. The van der Waals surface area contributed by atoms with Crippen molar-refractivity contribution < 1.29 is 8.78 Å². The minimum Gasteiger partial charge on any atom is -0.316 e. The van der Waals surface area contributed by atoms with Crippen LogP contribution in [-0.4, -0.2) is 13.1 Å². The van der Waals surface area contributed by atoms with Crippen LogP contribution in [0, 0.1) is 17.6 Å². The van der Waals surface area contributed by atoms with Crippen LogP contribution in [0.15, 0.2) is 18.2 Å². The lowest BCUT2D eigenvalue weighted by atomic mass is 9.98. The summed E-state index contributed by atoms with van der Waals surface area (Å²) in [6.07, 6.45) is 1.69. The fourth-order valence-corrected chi connectivity index (χ4v) is 1.90. The van der Waals surface area contributed by atoms with E-state index < -0.39 is 0 Å². The first kappa shape index (κ1) is 12.4. The number of benzene rings is 1. The molecule has 1 saturated heterocycles. The smallest absolute Gasteiger partial charge is 0.126 e. The summed E-state index contributed by atoms with van der Waals surface area (Å²) in [4.78, 5) is 0. The van der Waals surface area contributed by atoms with E-state index in [-0.39, 0.29) is 24.0 Å². The molecule has 1 N–H and O–H groups in total. The van der Waals surface area contributed by atoms with Gasteiger partial charge in [-0.05, 0) is 55.6 Å². The maximum atomic E-state index is 13.2. The zero-order valence-electron chi connectivity index (χ0n) is 8.30. The molecule has 15 heavy (non-hydrogen) atoms. The summed E-state index contributed by atoms with van der Waals surface area (Å²) in [7, 11) is 0. The molecule has 1 nitrogen and oxygen atoms in total. The molecule has 1 fully saturated rings. The van der Waals surface area contributed by atoms with Crippen molar-refractivity contribution in [2.45, 2.75) is 12.8 Å². The molecule has 1 unspecified atom stereocenters. The van der Waals surface area contributed by atoms with Gasteiger partial charge in [-0.15, -0.1) is 12.4 Å². The lowest BCUT2D eigenvalue weighted by molar-refractivity contribution is 0.534. The lowest BCUT2D eigenvalue weighted by Gasteiger charge is -2.08. The number of halogens is 3. The Balaban J connectivity index is 0.00000112. The quantitative estimate of drug-likeness (QED) is 0.828. The molecular weight excluding hydrogens is 220 g/mol. The Kier molecular flexibility index (Phi) is 4.48. The lowest BCUT2D eigenvalue weighted by Crippen LogP contribution is -2.11. The van der Waals surface area contributed by atoms with Gasteiger partial charge >= 0.3 is 0 Å². The van der Waals surface area contributed by atoms with Gasteiger partial charge in [-0.3, -0.25) is 0 Å². The Morgan fingerprint density at radius 1 is 1.33 bits per heavy atom. The fraction of sp³-hybridized carbons (Fsp3) is 0.455. The third-order valence-electron chi connectivity index (χ3n) is 2.68. The summed E-state index contributed by atoms with van der Waals surface area (Å²) in [5, 5.41) is 3.21. The molecular formula is C11H14ClF2N. The van der Waals surface area contributed by atoms with Gasteiger partial charge in [0.25, 0.3) is 0 Å². The second-order valence-electron chi connectivity index (χ2n) is 3.80. The highest BCUT2D eigenvalue weighted by molar-refractivity contribution is 5.85. The van der Waals surface area contributed by atoms with Gasteiger partial charge in [-0.2, -0.15) is 0 Å². The molecule has 0 aliphatic carbocycles. The molecule has 0 radical (unpaired) electrons. The Bertz CT molecular complexity index is 324. The largest absolute Gasteiger partial charge is 0.316 e. The van der Waals surface area contributed by atoms with Crippen LogP contribution in [-0.2, 0) is 6.42 Å². The van der Waals surface area contributed by atoms with Crippen LogP contribution < -0.4 is 5.32 Å². The minimum absolute atomic E-state index is 0. The Morgan fingerprint density at radius 2 is 2.13 bits per heavy atom. The van der Waals surface area contributed by atoms with E-state index in [1.807, 2.05) is 0 Å². The van der Waals surface area contributed by atoms with Crippen LogP contribution in [0.1, 0.15) is 12.0 Å². The Hall–Kier alpha value is -0.670. The molecule has 0 bridgehead atoms. The Morgan fingerprint density at radius 3 is 2.80 bits per heavy atom. The predicted molar refractivity (Wildman–Crippen MR) is 58.3 cm³/mol. The third kappa shape index (κ3) is 3.14. The van der Waals surface area contributed by atoms with Crippen molar-refractivity contribution in [2.75, 3.05) is 13.1 Å². The van der Waals surface area contributed by atoms with E-state index in [4.69, 9.17) is 0 Å². The van der Waals surface area contributed by atoms with Crippen molar-refractivity contribution in [3.8, 4) is 0 Å². The number of rotatable bonds is 2. The second-order valence-corrected chi connectivity index (χ2v) is 3.80. The molecule has 2 rings (SSSR count). The zero-order valence-corrected chi connectivity index (χ0v) is 9.12. The summed E-state index contributed by atoms with van der Waals surface area (Å²) in [5.74, 6) is -0.197. The molecule has 4 heteroatoms. The molecule has 1 aromatic rings. The van der Waals surface area contributed by atoms with Crippen molar-refractivity contribution in [1.29, 1.82) is 0 Å². The van der Waals surface area contributed by atoms with E-state index in [9.17, 15) is 8.78 Å². The van der Waals surface area contributed by atoms with Gasteiger partial charge in [0.05, 0.1) is 0 Å². The predicted octanol–water partition coefficient (Wildman–Crippen LogP) is 2.54. The summed E-state index contributed by atoms with van der Waals surface area (Å²) in [5.41, 5.74) is 0.499. The summed E-state index contributed by atoms with van der Waals surface area (Å²) < 4.78 is 26.1. The van der Waals surface area contributed by atoms with Crippen molar-refractivity contribution in [3.63, 3.8) is 0 Å². The molecule has 1 aromatic carbocycles. The van der Waals surface area contributed by atoms with Gasteiger partial charge < -0.3 is 5.32 Å². The van der Waals surface area contributed by atoms with E-state index in [1.54, 1.807) is 0 Å². The zero-order chi connectivity index (χ0) is 9.97. The van der Waals surface area contributed by atoms with Gasteiger partial charge in [-0.25, -0.2) is 8.78 Å². The van der Waals surface area contributed by atoms with Crippen molar-refractivity contribution in [3.05, 3.63) is 35.4 Å².